The van der Waals surface area contributed by atoms with Gasteiger partial charge in [0.25, 0.3) is 0 Å². The normalized spacial score (nSPS) is 18.5. The lowest BCUT2D eigenvalue weighted by Gasteiger charge is -2.32. The summed E-state index contributed by atoms with van der Waals surface area (Å²) >= 11 is 0. The molecule has 1 aromatic carbocycles. The van der Waals surface area contributed by atoms with Crippen LogP contribution in [-0.4, -0.2) is 11.4 Å². The Hall–Kier alpha value is -1.52. The monoisotopic (exact) mass is 244 g/mol. The summed E-state index contributed by atoms with van der Waals surface area (Å²) in [4.78, 5) is 11.6. The highest BCUT2D eigenvalue weighted by Crippen LogP contribution is 2.42. The Morgan fingerprint density at radius 2 is 1.94 bits per heavy atom. The fraction of sp³-hybridized carbons (Fsp3) is 0.417. The van der Waals surface area contributed by atoms with Gasteiger partial charge >= 0.3 is 6.18 Å². The Balaban J connectivity index is 2.57. The Bertz CT molecular complexity index is 475. The van der Waals surface area contributed by atoms with E-state index in [-0.39, 0.29) is 18.0 Å². The van der Waals surface area contributed by atoms with Crippen molar-refractivity contribution < 1.29 is 22.7 Å². The third-order valence-corrected chi connectivity index (χ3v) is 2.78. The van der Waals surface area contributed by atoms with Crippen LogP contribution >= 0.6 is 0 Å². The van der Waals surface area contributed by atoms with Crippen molar-refractivity contribution in [3.05, 3.63) is 29.3 Å². The molecule has 92 valence electrons. The zero-order valence-corrected chi connectivity index (χ0v) is 9.39. The van der Waals surface area contributed by atoms with Gasteiger partial charge in [-0.15, -0.1) is 0 Å². The van der Waals surface area contributed by atoms with Gasteiger partial charge in [0.1, 0.15) is 5.75 Å². The maximum absolute atomic E-state index is 12.8. The van der Waals surface area contributed by atoms with Gasteiger partial charge in [-0.1, -0.05) is 12.1 Å². The van der Waals surface area contributed by atoms with E-state index in [9.17, 15) is 18.0 Å². The minimum absolute atomic E-state index is 0.0216. The molecular formula is C12H11F3O2. The number of Topliss-reactive ketones (excluding diaryl/α,β-unsaturated/α-hetero) is 1. The quantitative estimate of drug-likeness (QED) is 0.701. The summed E-state index contributed by atoms with van der Waals surface area (Å²) in [5, 5.41) is 0. The number of carbonyl (C=O) groups excluding carboxylic acids is 1. The first-order valence-corrected chi connectivity index (χ1v) is 5.13. The summed E-state index contributed by atoms with van der Waals surface area (Å²) in [6, 6.07) is 3.74. The summed E-state index contributed by atoms with van der Waals surface area (Å²) in [7, 11) is 0. The molecule has 0 atom stereocenters. The average Bonchev–Trinajstić information content (AvgIpc) is 2.16. The van der Waals surface area contributed by atoms with E-state index in [2.05, 4.69) is 0 Å². The standard InChI is InChI=1S/C12H11F3O2/c1-11(2)9(16)6-7-4-3-5-8(10(7)17-11)12(13,14)15/h3-5H,6H2,1-2H3. The second kappa shape index (κ2) is 3.48. The number of hydrogen-bond donors (Lipinski definition) is 0. The van der Waals surface area contributed by atoms with Gasteiger partial charge < -0.3 is 4.74 Å². The predicted octanol–water partition coefficient (Wildman–Crippen LogP) is 2.99. The molecule has 0 bridgehead atoms. The van der Waals surface area contributed by atoms with Crippen LogP contribution in [0.5, 0.6) is 5.75 Å². The van der Waals surface area contributed by atoms with Gasteiger partial charge in [0, 0.05) is 12.0 Å². The maximum atomic E-state index is 12.8. The first-order chi connectivity index (χ1) is 7.72. The summed E-state index contributed by atoms with van der Waals surface area (Å²) in [5.74, 6) is -0.436. The molecule has 1 aliphatic heterocycles. The third kappa shape index (κ3) is 2.01. The largest absolute Gasteiger partial charge is 0.479 e. The molecular weight excluding hydrogens is 233 g/mol. The zero-order chi connectivity index (χ0) is 12.8. The summed E-state index contributed by atoms with van der Waals surface area (Å²) in [6.07, 6.45) is -4.49. The fourth-order valence-corrected chi connectivity index (χ4v) is 1.77. The van der Waals surface area contributed by atoms with Crippen LogP contribution in [0, 0.1) is 0 Å². The number of hydrogen-bond acceptors (Lipinski definition) is 2. The Kier molecular flexibility index (Phi) is 2.45. The molecule has 2 nitrogen and oxygen atoms in total. The van der Waals surface area contributed by atoms with Gasteiger partial charge in [-0.25, -0.2) is 0 Å². The van der Waals surface area contributed by atoms with Crippen molar-refractivity contribution in [1.29, 1.82) is 0 Å². The van der Waals surface area contributed by atoms with E-state index in [0.717, 1.165) is 6.07 Å². The van der Waals surface area contributed by atoms with Gasteiger partial charge in [0.2, 0.25) is 0 Å². The topological polar surface area (TPSA) is 26.3 Å². The van der Waals surface area contributed by atoms with E-state index in [4.69, 9.17) is 4.74 Å². The highest BCUT2D eigenvalue weighted by Gasteiger charge is 2.42. The Morgan fingerprint density at radius 3 is 2.53 bits per heavy atom. The number of para-hydroxylation sites is 1. The third-order valence-electron chi connectivity index (χ3n) is 2.78. The van der Waals surface area contributed by atoms with Crippen LogP contribution in [0.2, 0.25) is 0 Å². The second-order valence-electron chi connectivity index (χ2n) is 4.50. The van der Waals surface area contributed by atoms with Gasteiger partial charge in [-0.3, -0.25) is 4.79 Å². The van der Waals surface area contributed by atoms with Crippen LogP contribution in [0.3, 0.4) is 0 Å². The number of ketones is 1. The van der Waals surface area contributed by atoms with E-state index in [1.807, 2.05) is 0 Å². The van der Waals surface area contributed by atoms with E-state index >= 15 is 0 Å². The predicted molar refractivity (Wildman–Crippen MR) is 54.9 cm³/mol. The molecule has 0 N–H and O–H groups in total. The molecule has 0 spiro atoms. The summed E-state index contributed by atoms with van der Waals surface area (Å²) < 4.78 is 43.5. The maximum Gasteiger partial charge on any atom is 0.419 e. The molecule has 1 aromatic rings. The molecule has 5 heteroatoms. The molecule has 0 radical (unpaired) electrons. The molecule has 2 rings (SSSR count). The van der Waals surface area contributed by atoms with Gasteiger partial charge in [0.05, 0.1) is 5.56 Å². The average molecular weight is 244 g/mol. The van der Waals surface area contributed by atoms with E-state index < -0.39 is 17.3 Å². The van der Waals surface area contributed by atoms with Crippen LogP contribution in [0.25, 0.3) is 0 Å². The van der Waals surface area contributed by atoms with Gasteiger partial charge in [-0.05, 0) is 19.9 Å². The van der Waals surface area contributed by atoms with Crippen LogP contribution in [0.1, 0.15) is 25.0 Å². The van der Waals surface area contributed by atoms with Crippen molar-refractivity contribution in [3.8, 4) is 5.75 Å². The Labute approximate surface area is 96.4 Å². The van der Waals surface area contributed by atoms with Crippen LogP contribution in [0.4, 0.5) is 13.2 Å². The van der Waals surface area contributed by atoms with Gasteiger partial charge in [-0.2, -0.15) is 13.2 Å². The van der Waals surface area contributed by atoms with Crippen LogP contribution in [-0.2, 0) is 17.4 Å². The fourth-order valence-electron chi connectivity index (χ4n) is 1.77. The number of carbonyl (C=O) groups is 1. The van der Waals surface area contributed by atoms with E-state index in [1.165, 1.54) is 26.0 Å². The SMILES string of the molecule is CC1(C)Oc2c(cccc2C(F)(F)F)CC1=O. The Morgan fingerprint density at radius 1 is 1.29 bits per heavy atom. The second-order valence-corrected chi connectivity index (χ2v) is 4.50. The highest BCUT2D eigenvalue weighted by atomic mass is 19.4. The van der Waals surface area contributed by atoms with Crippen molar-refractivity contribution in [3.63, 3.8) is 0 Å². The van der Waals surface area contributed by atoms with Gasteiger partial charge in [0.15, 0.2) is 11.4 Å². The molecule has 1 aliphatic rings. The first kappa shape index (κ1) is 12.0. The van der Waals surface area contributed by atoms with Crippen molar-refractivity contribution in [2.24, 2.45) is 0 Å². The van der Waals surface area contributed by atoms with Crippen LogP contribution in [0.15, 0.2) is 18.2 Å². The molecule has 0 fully saturated rings. The lowest BCUT2D eigenvalue weighted by atomic mass is 9.91. The molecule has 0 saturated heterocycles. The molecule has 0 aliphatic carbocycles. The molecule has 0 unspecified atom stereocenters. The molecule has 0 aromatic heterocycles. The minimum atomic E-state index is -4.47. The molecule has 0 saturated carbocycles. The zero-order valence-electron chi connectivity index (χ0n) is 9.39. The lowest BCUT2D eigenvalue weighted by molar-refractivity contribution is -0.144. The molecule has 1 heterocycles. The van der Waals surface area contributed by atoms with E-state index in [1.54, 1.807) is 0 Å². The highest BCUT2D eigenvalue weighted by molar-refractivity contribution is 5.91. The lowest BCUT2D eigenvalue weighted by Crippen LogP contribution is -2.43. The first-order valence-electron chi connectivity index (χ1n) is 5.13. The number of ether oxygens (including phenoxy) is 1. The number of fused-ring (bicyclic) bond motifs is 1. The van der Waals surface area contributed by atoms with Crippen molar-refractivity contribution >= 4 is 5.78 Å². The van der Waals surface area contributed by atoms with Crippen molar-refractivity contribution in [2.45, 2.75) is 32.0 Å². The summed E-state index contributed by atoms with van der Waals surface area (Å²) in [5.41, 5.74) is -1.73. The summed E-state index contributed by atoms with van der Waals surface area (Å²) in [6.45, 7) is 2.96. The number of rotatable bonds is 0. The van der Waals surface area contributed by atoms with E-state index in [0.29, 0.717) is 5.56 Å². The number of alkyl halides is 3. The van der Waals surface area contributed by atoms with Crippen LogP contribution < -0.4 is 4.74 Å². The van der Waals surface area contributed by atoms with Crippen molar-refractivity contribution in [2.75, 3.05) is 0 Å². The smallest absolute Gasteiger partial charge is 0.419 e. The molecule has 0 amide bonds. The minimum Gasteiger partial charge on any atom is -0.479 e. The number of halogens is 3. The number of benzene rings is 1. The molecule has 17 heavy (non-hydrogen) atoms. The van der Waals surface area contributed by atoms with Crippen molar-refractivity contribution in [1.82, 2.24) is 0 Å².